The Hall–Kier alpha value is -3.05. The first kappa shape index (κ1) is 18.3. The molecule has 0 aliphatic heterocycles. The molecule has 28 heavy (non-hydrogen) atoms. The van der Waals surface area contributed by atoms with Crippen LogP contribution < -0.4 is 10.2 Å². The maximum atomic E-state index is 12.9. The maximum absolute atomic E-state index is 12.9. The number of aromatic amines is 1. The number of hydrogen-bond acceptors (Lipinski definition) is 8. The summed E-state index contributed by atoms with van der Waals surface area (Å²) >= 11 is 5.64. The van der Waals surface area contributed by atoms with Crippen LogP contribution in [0.1, 0.15) is 13.8 Å². The molecular formula is C17H16N8OS2. The van der Waals surface area contributed by atoms with Crippen LogP contribution in [0.5, 0.6) is 0 Å². The van der Waals surface area contributed by atoms with Gasteiger partial charge in [0.15, 0.2) is 0 Å². The Morgan fingerprint density at radius 3 is 2.64 bits per heavy atom. The van der Waals surface area contributed by atoms with E-state index >= 15 is 0 Å². The van der Waals surface area contributed by atoms with Crippen molar-refractivity contribution in [1.29, 1.82) is 0 Å². The number of hydrogen-bond donors (Lipinski definition) is 3. The average molecular weight is 413 g/mol. The number of fused-ring (bicyclic) bond motifs is 1. The number of rotatable bonds is 4. The van der Waals surface area contributed by atoms with Gasteiger partial charge in [-0.25, -0.2) is 14.8 Å². The number of carbonyl (C=O) groups excluding carboxylic acids is 1. The Balaban J connectivity index is 1.56. The van der Waals surface area contributed by atoms with Crippen LogP contribution in [0.2, 0.25) is 0 Å². The summed E-state index contributed by atoms with van der Waals surface area (Å²) in [6.07, 6.45) is 0. The lowest BCUT2D eigenvalue weighted by Gasteiger charge is -2.26. The molecule has 2 amide bonds. The lowest BCUT2D eigenvalue weighted by atomic mass is 10.2. The summed E-state index contributed by atoms with van der Waals surface area (Å²) in [5, 5.41) is 16.7. The third-order valence-electron chi connectivity index (χ3n) is 3.95. The molecule has 0 bridgehead atoms. The van der Waals surface area contributed by atoms with Crippen LogP contribution in [0.25, 0.3) is 21.7 Å². The van der Waals surface area contributed by atoms with Crippen molar-refractivity contribution < 1.29 is 4.79 Å². The summed E-state index contributed by atoms with van der Waals surface area (Å²) in [5.74, 6) is 1.05. The number of nitrogens with zero attached hydrogens (tertiary/aromatic N) is 6. The number of tetrazole rings is 1. The molecule has 9 nitrogen and oxygen atoms in total. The van der Waals surface area contributed by atoms with Crippen LogP contribution in [0.15, 0.2) is 40.7 Å². The molecular weight excluding hydrogens is 396 g/mol. The van der Waals surface area contributed by atoms with Gasteiger partial charge in [-0.05, 0) is 55.5 Å². The zero-order valence-corrected chi connectivity index (χ0v) is 16.7. The van der Waals surface area contributed by atoms with Crippen molar-refractivity contribution in [1.82, 2.24) is 30.6 Å². The van der Waals surface area contributed by atoms with Gasteiger partial charge in [0.25, 0.3) is 0 Å². The van der Waals surface area contributed by atoms with E-state index in [1.54, 1.807) is 23.1 Å². The average Bonchev–Trinajstić information content (AvgIpc) is 3.30. The molecule has 2 N–H and O–H groups in total. The molecule has 0 atom stereocenters. The van der Waals surface area contributed by atoms with Crippen LogP contribution in [0.3, 0.4) is 0 Å². The van der Waals surface area contributed by atoms with Crippen LogP contribution in [0, 0.1) is 0 Å². The van der Waals surface area contributed by atoms with Crippen LogP contribution >= 0.6 is 24.0 Å². The van der Waals surface area contributed by atoms with Crippen molar-refractivity contribution in [2.75, 3.05) is 10.2 Å². The van der Waals surface area contributed by atoms with E-state index < -0.39 is 0 Å². The Morgan fingerprint density at radius 2 is 1.96 bits per heavy atom. The highest BCUT2D eigenvalue weighted by Crippen LogP contribution is 2.26. The largest absolute Gasteiger partial charge is 0.327 e. The van der Waals surface area contributed by atoms with E-state index in [0.29, 0.717) is 21.7 Å². The third kappa shape index (κ3) is 3.66. The number of H-pyrrole nitrogens is 1. The number of nitrogens with one attached hydrogen (secondary N) is 2. The van der Waals surface area contributed by atoms with E-state index in [-0.39, 0.29) is 12.1 Å². The topological polar surface area (TPSA) is 113 Å². The minimum Gasteiger partial charge on any atom is -0.307 e. The number of urea groups is 1. The van der Waals surface area contributed by atoms with Gasteiger partial charge in [0, 0.05) is 17.3 Å². The van der Waals surface area contributed by atoms with Gasteiger partial charge in [-0.2, -0.15) is 5.21 Å². The molecule has 11 heteroatoms. The fourth-order valence-electron chi connectivity index (χ4n) is 2.70. The lowest BCUT2D eigenvalue weighted by molar-refractivity contribution is 0.255. The van der Waals surface area contributed by atoms with E-state index in [2.05, 4.69) is 48.5 Å². The van der Waals surface area contributed by atoms with Crippen molar-refractivity contribution in [3.05, 3.63) is 36.4 Å². The van der Waals surface area contributed by atoms with Gasteiger partial charge in [-0.1, -0.05) is 11.3 Å². The van der Waals surface area contributed by atoms with Gasteiger partial charge in [0.1, 0.15) is 20.5 Å². The molecule has 0 fully saturated rings. The number of benzene rings is 1. The fraction of sp³-hybridized carbons (Fsp3) is 0.176. The predicted octanol–water partition coefficient (Wildman–Crippen LogP) is 3.61. The van der Waals surface area contributed by atoms with Crippen molar-refractivity contribution in [3.63, 3.8) is 0 Å². The van der Waals surface area contributed by atoms with Crippen molar-refractivity contribution >= 4 is 51.8 Å². The number of amides is 2. The number of anilines is 2. The molecule has 4 aromatic rings. The zero-order chi connectivity index (χ0) is 19.7. The first-order valence-electron chi connectivity index (χ1n) is 8.42. The number of carbonyl (C=O) groups is 1. The van der Waals surface area contributed by atoms with Gasteiger partial charge in [0.2, 0.25) is 5.82 Å². The normalized spacial score (nSPS) is 11.1. The second-order valence-corrected chi connectivity index (χ2v) is 7.90. The quantitative estimate of drug-likeness (QED) is 0.442. The minimum absolute atomic E-state index is 0.0908. The molecule has 0 saturated carbocycles. The molecule has 0 saturated heterocycles. The highest BCUT2D eigenvalue weighted by atomic mass is 32.2. The van der Waals surface area contributed by atoms with E-state index in [9.17, 15) is 4.79 Å². The molecule has 0 spiro atoms. The van der Waals surface area contributed by atoms with E-state index in [1.165, 1.54) is 11.3 Å². The molecule has 0 radical (unpaired) electrons. The Morgan fingerprint density at radius 1 is 1.18 bits per heavy atom. The lowest BCUT2D eigenvalue weighted by Crippen LogP contribution is -2.40. The summed E-state index contributed by atoms with van der Waals surface area (Å²) in [5.41, 5.74) is 2.21. The second-order valence-electron chi connectivity index (χ2n) is 6.20. The third-order valence-corrected chi connectivity index (χ3v) is 5.09. The van der Waals surface area contributed by atoms with Crippen LogP contribution in [-0.2, 0) is 0 Å². The molecule has 3 aromatic heterocycles. The highest BCUT2D eigenvalue weighted by molar-refractivity contribution is 7.82. The highest BCUT2D eigenvalue weighted by Gasteiger charge is 2.21. The summed E-state index contributed by atoms with van der Waals surface area (Å²) in [6.45, 7) is 3.86. The predicted molar refractivity (Wildman–Crippen MR) is 111 cm³/mol. The Bertz CT molecular complexity index is 1110. The fourth-order valence-corrected chi connectivity index (χ4v) is 3.75. The van der Waals surface area contributed by atoms with E-state index in [0.717, 1.165) is 15.9 Å². The first-order valence-corrected chi connectivity index (χ1v) is 9.68. The molecule has 3 heterocycles. The second kappa shape index (κ2) is 7.52. The summed E-state index contributed by atoms with van der Waals surface area (Å²) in [6, 6.07) is 10.5. The summed E-state index contributed by atoms with van der Waals surface area (Å²) < 4.78 is 0.641. The Labute approximate surface area is 169 Å². The molecule has 4 rings (SSSR count). The van der Waals surface area contributed by atoms with Gasteiger partial charge < -0.3 is 5.32 Å². The summed E-state index contributed by atoms with van der Waals surface area (Å²) in [7, 11) is 0. The number of thiazole rings is 1. The van der Waals surface area contributed by atoms with Crippen molar-refractivity contribution in [3.8, 4) is 11.4 Å². The van der Waals surface area contributed by atoms with Crippen LogP contribution in [0.4, 0.5) is 16.3 Å². The van der Waals surface area contributed by atoms with Crippen molar-refractivity contribution in [2.24, 2.45) is 0 Å². The summed E-state index contributed by atoms with van der Waals surface area (Å²) in [4.78, 5) is 24.1. The molecule has 0 aliphatic carbocycles. The van der Waals surface area contributed by atoms with Gasteiger partial charge in [0.05, 0.1) is 0 Å². The first-order chi connectivity index (χ1) is 13.5. The maximum Gasteiger partial charge on any atom is 0.327 e. The van der Waals surface area contributed by atoms with Crippen molar-refractivity contribution in [2.45, 2.75) is 24.2 Å². The number of thiol groups is 1. The Kier molecular flexibility index (Phi) is 4.92. The molecule has 0 aliphatic rings. The zero-order valence-electron chi connectivity index (χ0n) is 15.0. The van der Waals surface area contributed by atoms with Gasteiger partial charge in [-0.15, -0.1) is 22.8 Å². The smallest absolute Gasteiger partial charge is 0.307 e. The van der Waals surface area contributed by atoms with Gasteiger partial charge in [-0.3, -0.25) is 4.90 Å². The standard InChI is InChI=1S/C17H16N8OS2/c1-9(2)25(13-8-7-12-15(20-13)28-17(27)19-12)16(26)18-11-5-3-10(4-6-11)14-21-23-24-22-14/h3-9H,1-2H3,(H,18,26)(H,19,27)(H,21,22,23,24). The number of pyridine rings is 1. The number of aromatic nitrogens is 6. The van der Waals surface area contributed by atoms with Gasteiger partial charge >= 0.3 is 6.03 Å². The van der Waals surface area contributed by atoms with Crippen LogP contribution in [-0.4, -0.2) is 42.7 Å². The monoisotopic (exact) mass is 412 g/mol. The van der Waals surface area contributed by atoms with E-state index in [4.69, 9.17) is 0 Å². The molecule has 1 aromatic carbocycles. The molecule has 0 unspecified atom stereocenters. The minimum atomic E-state index is -0.273. The SMILES string of the molecule is CC(C)N(C(=O)Nc1ccc(-c2nn[nH]n2)cc1)c1ccc2nc(S)sc2n1. The van der Waals surface area contributed by atoms with E-state index in [1.807, 2.05) is 32.0 Å². The molecule has 142 valence electrons.